The Morgan fingerprint density at radius 3 is 2.40 bits per heavy atom. The number of anilines is 1. The van der Waals surface area contributed by atoms with Crippen molar-refractivity contribution in [3.8, 4) is 17.0 Å². The Bertz CT molecular complexity index is 459. The van der Waals surface area contributed by atoms with Crippen LogP contribution in [0.15, 0.2) is 30.3 Å². The number of nitrogens with two attached hydrogens (primary N) is 1. The van der Waals surface area contributed by atoms with E-state index in [4.69, 9.17) is 10.8 Å². The second-order valence-electron chi connectivity index (χ2n) is 3.30. The third-order valence-corrected chi connectivity index (χ3v) is 2.03. The highest BCUT2D eigenvalue weighted by molar-refractivity contribution is 5.61. The molecule has 2 rings (SSSR count). The molecule has 0 saturated heterocycles. The molecule has 0 saturated carbocycles. The van der Waals surface area contributed by atoms with Crippen molar-refractivity contribution in [1.82, 2.24) is 9.97 Å². The second kappa shape index (κ2) is 3.57. The molecule has 0 amide bonds. The molecule has 4 heteroatoms. The van der Waals surface area contributed by atoms with E-state index >= 15 is 0 Å². The molecule has 2 aromatic rings. The summed E-state index contributed by atoms with van der Waals surface area (Å²) >= 11 is 0. The molecule has 0 atom stereocenters. The highest BCUT2D eigenvalue weighted by atomic mass is 16.3. The van der Waals surface area contributed by atoms with E-state index in [0.717, 1.165) is 17.0 Å². The number of nitrogens with zero attached hydrogens (tertiary/aromatic N) is 2. The summed E-state index contributed by atoms with van der Waals surface area (Å²) in [4.78, 5) is 8.11. The van der Waals surface area contributed by atoms with Crippen LogP contribution in [0.1, 0.15) is 5.69 Å². The van der Waals surface area contributed by atoms with Gasteiger partial charge in [-0.25, -0.2) is 9.97 Å². The molecule has 0 fully saturated rings. The molecular weight excluding hydrogens is 190 g/mol. The zero-order chi connectivity index (χ0) is 10.8. The van der Waals surface area contributed by atoms with Crippen LogP contribution in [-0.2, 0) is 0 Å². The Morgan fingerprint density at radius 2 is 1.80 bits per heavy atom. The van der Waals surface area contributed by atoms with Gasteiger partial charge in [0.15, 0.2) is 0 Å². The summed E-state index contributed by atoms with van der Waals surface area (Å²) in [5.41, 5.74) is 8.05. The lowest BCUT2D eigenvalue weighted by Crippen LogP contribution is -1.97. The molecule has 1 heterocycles. The van der Waals surface area contributed by atoms with Gasteiger partial charge in [0, 0.05) is 11.3 Å². The molecule has 1 aromatic carbocycles. The average Bonchev–Trinajstić information content (AvgIpc) is 2.17. The number of aryl methyl sites for hydroxylation is 1. The maximum absolute atomic E-state index is 9.16. The van der Waals surface area contributed by atoms with Crippen LogP contribution < -0.4 is 5.73 Å². The number of rotatable bonds is 1. The van der Waals surface area contributed by atoms with Gasteiger partial charge in [0.25, 0.3) is 0 Å². The van der Waals surface area contributed by atoms with E-state index in [9.17, 15) is 0 Å². The number of nitrogen functional groups attached to an aromatic ring is 1. The molecule has 3 N–H and O–H groups in total. The number of hydrogen-bond donors (Lipinski definition) is 2. The Kier molecular flexibility index (Phi) is 2.25. The Morgan fingerprint density at radius 1 is 1.13 bits per heavy atom. The highest BCUT2D eigenvalue weighted by Gasteiger charge is 2.02. The maximum Gasteiger partial charge on any atom is 0.220 e. The average molecular weight is 201 g/mol. The zero-order valence-corrected chi connectivity index (χ0v) is 8.31. The summed E-state index contributed by atoms with van der Waals surface area (Å²) in [5, 5.41) is 9.16. The Hall–Kier alpha value is -2.10. The molecule has 0 radical (unpaired) electrons. The van der Waals surface area contributed by atoms with Crippen LogP contribution in [0.3, 0.4) is 0 Å². The zero-order valence-electron chi connectivity index (χ0n) is 8.31. The third-order valence-electron chi connectivity index (χ3n) is 2.03. The van der Waals surface area contributed by atoms with E-state index in [1.165, 1.54) is 0 Å². The quantitative estimate of drug-likeness (QED) is 0.737. The Labute approximate surface area is 87.4 Å². The largest absolute Gasteiger partial charge is 0.508 e. The summed E-state index contributed by atoms with van der Waals surface area (Å²) in [5.74, 6) is 0.496. The van der Waals surface area contributed by atoms with Crippen LogP contribution >= 0.6 is 0 Å². The van der Waals surface area contributed by atoms with Crippen molar-refractivity contribution in [3.05, 3.63) is 36.0 Å². The summed E-state index contributed by atoms with van der Waals surface area (Å²) in [7, 11) is 0. The van der Waals surface area contributed by atoms with Gasteiger partial charge in [-0.2, -0.15) is 0 Å². The van der Waals surface area contributed by atoms with Gasteiger partial charge in [-0.15, -0.1) is 0 Å². The van der Waals surface area contributed by atoms with Gasteiger partial charge >= 0.3 is 0 Å². The predicted molar refractivity (Wildman–Crippen MR) is 58.3 cm³/mol. The van der Waals surface area contributed by atoms with Gasteiger partial charge in [0.05, 0.1) is 5.69 Å². The first kappa shape index (κ1) is 9.45. The molecule has 76 valence electrons. The lowest BCUT2D eigenvalue weighted by atomic mass is 10.1. The number of phenolic OH excluding ortho intramolecular Hbond substituents is 1. The van der Waals surface area contributed by atoms with Crippen molar-refractivity contribution < 1.29 is 5.11 Å². The van der Waals surface area contributed by atoms with Crippen molar-refractivity contribution in [1.29, 1.82) is 0 Å². The van der Waals surface area contributed by atoms with Crippen LogP contribution in [0.5, 0.6) is 5.75 Å². The lowest BCUT2D eigenvalue weighted by molar-refractivity contribution is 0.475. The fourth-order valence-corrected chi connectivity index (χ4v) is 1.37. The van der Waals surface area contributed by atoms with E-state index in [-0.39, 0.29) is 11.7 Å². The summed E-state index contributed by atoms with van der Waals surface area (Å²) < 4.78 is 0. The van der Waals surface area contributed by atoms with Gasteiger partial charge in [-0.3, -0.25) is 0 Å². The summed E-state index contributed by atoms with van der Waals surface area (Å²) in [6.45, 7) is 1.86. The number of benzene rings is 1. The number of phenols is 1. The molecule has 0 aliphatic rings. The van der Waals surface area contributed by atoms with Crippen LogP contribution in [0, 0.1) is 6.92 Å². The molecule has 4 nitrogen and oxygen atoms in total. The molecule has 15 heavy (non-hydrogen) atoms. The van der Waals surface area contributed by atoms with E-state index < -0.39 is 0 Å². The van der Waals surface area contributed by atoms with Crippen LogP contribution in [0.4, 0.5) is 5.95 Å². The molecular formula is C11H11N3O. The van der Waals surface area contributed by atoms with Gasteiger partial charge in [0.2, 0.25) is 5.95 Å². The van der Waals surface area contributed by atoms with Crippen LogP contribution in [-0.4, -0.2) is 15.1 Å². The van der Waals surface area contributed by atoms with Crippen molar-refractivity contribution in [2.75, 3.05) is 5.73 Å². The Balaban J connectivity index is 2.49. The predicted octanol–water partition coefficient (Wildman–Crippen LogP) is 1.74. The normalized spacial score (nSPS) is 10.2. The van der Waals surface area contributed by atoms with E-state index in [1.54, 1.807) is 24.3 Å². The molecule has 0 spiro atoms. The maximum atomic E-state index is 9.16. The first-order valence-corrected chi connectivity index (χ1v) is 4.56. The third kappa shape index (κ3) is 2.04. The standard InChI is InChI=1S/C11H11N3O/c1-7-6-10(14-11(12)13-7)8-2-4-9(15)5-3-8/h2-6,15H,1H3,(H2,12,13,14). The monoisotopic (exact) mass is 201 g/mol. The van der Waals surface area contributed by atoms with Gasteiger partial charge in [0.1, 0.15) is 5.75 Å². The van der Waals surface area contributed by atoms with E-state index in [0.29, 0.717) is 0 Å². The minimum absolute atomic E-state index is 0.234. The summed E-state index contributed by atoms with van der Waals surface area (Å²) in [6.07, 6.45) is 0. The minimum atomic E-state index is 0.234. The molecule has 0 unspecified atom stereocenters. The van der Waals surface area contributed by atoms with Gasteiger partial charge < -0.3 is 10.8 Å². The summed E-state index contributed by atoms with van der Waals surface area (Å²) in [6, 6.07) is 8.65. The first-order chi connectivity index (χ1) is 7.15. The SMILES string of the molecule is Cc1cc(-c2ccc(O)cc2)nc(N)n1. The van der Waals surface area contributed by atoms with Crippen LogP contribution in [0.25, 0.3) is 11.3 Å². The van der Waals surface area contributed by atoms with Gasteiger partial charge in [-0.05, 0) is 37.3 Å². The van der Waals surface area contributed by atoms with Crippen molar-refractivity contribution in [3.63, 3.8) is 0 Å². The minimum Gasteiger partial charge on any atom is -0.508 e. The molecule has 0 aliphatic heterocycles. The number of aromatic nitrogens is 2. The van der Waals surface area contributed by atoms with Crippen LogP contribution in [0.2, 0.25) is 0 Å². The number of aromatic hydroxyl groups is 1. The molecule has 1 aromatic heterocycles. The highest BCUT2D eigenvalue weighted by Crippen LogP contribution is 2.20. The molecule has 0 aliphatic carbocycles. The molecule has 0 bridgehead atoms. The van der Waals surface area contributed by atoms with Crippen molar-refractivity contribution in [2.45, 2.75) is 6.92 Å². The number of hydrogen-bond acceptors (Lipinski definition) is 4. The first-order valence-electron chi connectivity index (χ1n) is 4.56. The smallest absolute Gasteiger partial charge is 0.220 e. The fourth-order valence-electron chi connectivity index (χ4n) is 1.37. The second-order valence-corrected chi connectivity index (χ2v) is 3.30. The fraction of sp³-hybridized carbons (Fsp3) is 0.0909. The lowest BCUT2D eigenvalue weighted by Gasteiger charge is -2.03. The van der Waals surface area contributed by atoms with E-state index in [1.807, 2.05) is 13.0 Å². The topological polar surface area (TPSA) is 72.0 Å². The van der Waals surface area contributed by atoms with Crippen molar-refractivity contribution in [2.24, 2.45) is 0 Å². The van der Waals surface area contributed by atoms with E-state index in [2.05, 4.69) is 9.97 Å². The van der Waals surface area contributed by atoms with Gasteiger partial charge in [-0.1, -0.05) is 0 Å². The van der Waals surface area contributed by atoms with Crippen molar-refractivity contribution >= 4 is 5.95 Å².